The summed E-state index contributed by atoms with van der Waals surface area (Å²) >= 11 is 0. The summed E-state index contributed by atoms with van der Waals surface area (Å²) in [5.41, 5.74) is 3.54. The zero-order valence-corrected chi connectivity index (χ0v) is 19.7. The van der Waals surface area contributed by atoms with Crippen molar-refractivity contribution in [2.45, 2.75) is 64.4 Å². The van der Waals surface area contributed by atoms with E-state index in [1.807, 2.05) is 42.5 Å². The number of carbonyl (C=O) groups is 1. The van der Waals surface area contributed by atoms with Crippen molar-refractivity contribution in [3.05, 3.63) is 59.5 Å². The van der Waals surface area contributed by atoms with Crippen molar-refractivity contribution < 1.29 is 23.8 Å². The van der Waals surface area contributed by atoms with Gasteiger partial charge < -0.3 is 19.0 Å². The molecule has 6 nitrogen and oxygen atoms in total. The summed E-state index contributed by atoms with van der Waals surface area (Å²) in [4.78, 5) is 16.5. The average molecular weight is 452 g/mol. The molecule has 2 aromatic carbocycles. The van der Waals surface area contributed by atoms with Crippen LogP contribution in [0, 0.1) is 5.92 Å². The van der Waals surface area contributed by atoms with Gasteiger partial charge in [0.15, 0.2) is 17.6 Å². The predicted octanol–water partition coefficient (Wildman–Crippen LogP) is 5.56. The number of rotatable bonds is 8. The molecular formula is C27H33NO5. The number of aromatic nitrogens is 1. The second-order valence-electron chi connectivity index (χ2n) is 9.93. The van der Waals surface area contributed by atoms with Crippen LogP contribution in [0.3, 0.4) is 0 Å². The van der Waals surface area contributed by atoms with Crippen LogP contribution in [0.15, 0.2) is 46.9 Å². The molecule has 0 amide bonds. The van der Waals surface area contributed by atoms with Crippen molar-refractivity contribution in [2.24, 2.45) is 5.92 Å². The molecule has 4 rings (SSSR count). The van der Waals surface area contributed by atoms with Crippen molar-refractivity contribution in [2.75, 3.05) is 13.2 Å². The topological polar surface area (TPSA) is 81.8 Å². The lowest BCUT2D eigenvalue weighted by Gasteiger charge is -2.21. The molecule has 1 aromatic heterocycles. The summed E-state index contributed by atoms with van der Waals surface area (Å²) in [6, 6.07) is 13.3. The minimum absolute atomic E-state index is 0.0292. The molecule has 0 saturated carbocycles. The fourth-order valence-electron chi connectivity index (χ4n) is 4.21. The van der Waals surface area contributed by atoms with E-state index in [1.54, 1.807) is 0 Å². The van der Waals surface area contributed by atoms with Gasteiger partial charge in [0, 0.05) is 26.1 Å². The van der Waals surface area contributed by atoms with Gasteiger partial charge in [0.1, 0.15) is 11.3 Å². The maximum atomic E-state index is 11.9. The highest BCUT2D eigenvalue weighted by Gasteiger charge is 2.22. The summed E-state index contributed by atoms with van der Waals surface area (Å²) in [6.07, 6.45) is 3.31. The van der Waals surface area contributed by atoms with E-state index in [2.05, 4.69) is 25.8 Å². The van der Waals surface area contributed by atoms with Crippen LogP contribution in [0.1, 0.15) is 57.1 Å². The monoisotopic (exact) mass is 451 g/mol. The van der Waals surface area contributed by atoms with Crippen molar-refractivity contribution in [3.63, 3.8) is 0 Å². The Morgan fingerprint density at radius 3 is 2.55 bits per heavy atom. The molecule has 0 bridgehead atoms. The maximum absolute atomic E-state index is 11.9. The number of oxazole rings is 1. The van der Waals surface area contributed by atoms with Gasteiger partial charge in [0.2, 0.25) is 0 Å². The summed E-state index contributed by atoms with van der Waals surface area (Å²) in [5, 5.41) is 9.72. The molecule has 1 atom stereocenters. The maximum Gasteiger partial charge on any atom is 0.345 e. The summed E-state index contributed by atoms with van der Waals surface area (Å²) in [5.74, 6) is 0.953. The molecule has 0 aliphatic carbocycles. The number of hydrogen-bond acceptors (Lipinski definition) is 5. The normalized spacial score (nSPS) is 16.1. The third kappa shape index (κ3) is 6.14. The van der Waals surface area contributed by atoms with Gasteiger partial charge in [-0.05, 0) is 66.0 Å². The largest absolute Gasteiger partial charge is 0.478 e. The highest BCUT2D eigenvalue weighted by molar-refractivity contribution is 5.75. The van der Waals surface area contributed by atoms with E-state index < -0.39 is 12.1 Å². The second kappa shape index (κ2) is 9.96. The number of carboxylic acids is 1. The number of aliphatic carboxylic acids is 1. The SMILES string of the molecule is CC(C)(C)c1ccc(O[C@@H](Cc2ccc3oc(CCC4CCOCC4)nc3c2)C(=O)O)cc1. The molecule has 2 heterocycles. The number of aryl methyl sites for hydroxylation is 1. The molecule has 0 spiro atoms. The van der Waals surface area contributed by atoms with E-state index in [1.165, 1.54) is 5.56 Å². The first-order valence-electron chi connectivity index (χ1n) is 11.7. The quantitative estimate of drug-likeness (QED) is 0.483. The molecule has 0 radical (unpaired) electrons. The van der Waals surface area contributed by atoms with E-state index in [0.29, 0.717) is 11.7 Å². The number of nitrogens with zero attached hydrogens (tertiary/aromatic N) is 1. The molecule has 6 heteroatoms. The lowest BCUT2D eigenvalue weighted by molar-refractivity contribution is -0.145. The van der Waals surface area contributed by atoms with Crippen molar-refractivity contribution in [1.82, 2.24) is 4.98 Å². The van der Waals surface area contributed by atoms with Gasteiger partial charge in [-0.25, -0.2) is 9.78 Å². The third-order valence-electron chi connectivity index (χ3n) is 6.30. The first-order valence-corrected chi connectivity index (χ1v) is 11.7. The fourth-order valence-corrected chi connectivity index (χ4v) is 4.21. The van der Waals surface area contributed by atoms with Crippen LogP contribution >= 0.6 is 0 Å². The lowest BCUT2D eigenvalue weighted by atomic mass is 9.87. The molecular weight excluding hydrogens is 418 g/mol. The summed E-state index contributed by atoms with van der Waals surface area (Å²) in [6.45, 7) is 8.10. The molecule has 1 saturated heterocycles. The summed E-state index contributed by atoms with van der Waals surface area (Å²) in [7, 11) is 0. The Labute approximate surface area is 194 Å². The second-order valence-corrected chi connectivity index (χ2v) is 9.93. The van der Waals surface area contributed by atoms with Crippen molar-refractivity contribution >= 4 is 17.1 Å². The highest BCUT2D eigenvalue weighted by atomic mass is 16.5. The Morgan fingerprint density at radius 1 is 1.15 bits per heavy atom. The number of ether oxygens (including phenoxy) is 2. The Hall–Kier alpha value is -2.86. The Bertz CT molecular complexity index is 1070. The molecule has 0 unspecified atom stereocenters. The third-order valence-corrected chi connectivity index (χ3v) is 6.30. The molecule has 33 heavy (non-hydrogen) atoms. The highest BCUT2D eigenvalue weighted by Crippen LogP contribution is 2.26. The van der Waals surface area contributed by atoms with Gasteiger partial charge in [-0.1, -0.05) is 39.0 Å². The first kappa shape index (κ1) is 23.3. The van der Waals surface area contributed by atoms with Gasteiger partial charge in [0.05, 0.1) is 0 Å². The average Bonchev–Trinajstić information content (AvgIpc) is 3.20. The zero-order valence-electron chi connectivity index (χ0n) is 19.7. The van der Waals surface area contributed by atoms with Crippen LogP contribution in [0.25, 0.3) is 11.1 Å². The minimum Gasteiger partial charge on any atom is -0.478 e. The number of benzene rings is 2. The van der Waals surface area contributed by atoms with Crippen molar-refractivity contribution in [1.29, 1.82) is 0 Å². The van der Waals surface area contributed by atoms with Crippen LogP contribution in [-0.2, 0) is 27.8 Å². The van der Waals surface area contributed by atoms with E-state index in [4.69, 9.17) is 13.9 Å². The van der Waals surface area contributed by atoms with Crippen LogP contribution in [0.4, 0.5) is 0 Å². The molecule has 3 aromatic rings. The van der Waals surface area contributed by atoms with Gasteiger partial charge in [0.25, 0.3) is 0 Å². The Morgan fingerprint density at radius 2 is 1.88 bits per heavy atom. The molecule has 176 valence electrons. The molecule has 1 N–H and O–H groups in total. The van der Waals surface area contributed by atoms with Crippen LogP contribution < -0.4 is 4.74 Å². The van der Waals surface area contributed by atoms with E-state index in [0.717, 1.165) is 61.5 Å². The molecule has 1 fully saturated rings. The van der Waals surface area contributed by atoms with Gasteiger partial charge in [-0.2, -0.15) is 0 Å². The van der Waals surface area contributed by atoms with E-state index in [-0.39, 0.29) is 11.8 Å². The lowest BCUT2D eigenvalue weighted by Crippen LogP contribution is -2.29. The minimum atomic E-state index is -0.993. The molecule has 1 aliphatic heterocycles. The van der Waals surface area contributed by atoms with Crippen LogP contribution in [0.2, 0.25) is 0 Å². The van der Waals surface area contributed by atoms with Crippen molar-refractivity contribution in [3.8, 4) is 5.75 Å². The smallest absolute Gasteiger partial charge is 0.345 e. The van der Waals surface area contributed by atoms with E-state index in [9.17, 15) is 9.90 Å². The summed E-state index contributed by atoms with van der Waals surface area (Å²) < 4.78 is 17.2. The van der Waals surface area contributed by atoms with Gasteiger partial charge >= 0.3 is 5.97 Å². The standard InChI is InChI=1S/C27H33NO5/c1-27(2,3)20-6-8-21(9-7-20)32-24(26(29)30)17-19-4-10-23-22(16-19)28-25(33-23)11-5-18-12-14-31-15-13-18/h4,6-10,16,18,24H,5,11-15,17H2,1-3H3,(H,29,30)/t24-/m0/s1. The number of hydrogen-bond donors (Lipinski definition) is 1. The van der Waals surface area contributed by atoms with Crippen LogP contribution in [-0.4, -0.2) is 35.4 Å². The Kier molecular flexibility index (Phi) is 7.03. The van der Waals surface area contributed by atoms with Gasteiger partial charge in [-0.3, -0.25) is 0 Å². The number of fused-ring (bicyclic) bond motifs is 1. The fraction of sp³-hybridized carbons (Fsp3) is 0.481. The Balaban J connectivity index is 1.41. The predicted molar refractivity (Wildman–Crippen MR) is 127 cm³/mol. The van der Waals surface area contributed by atoms with Gasteiger partial charge in [-0.15, -0.1) is 0 Å². The first-order chi connectivity index (χ1) is 15.8. The molecule has 1 aliphatic rings. The number of carboxylic acid groups (broad SMARTS) is 1. The zero-order chi connectivity index (χ0) is 23.4. The van der Waals surface area contributed by atoms with Crippen LogP contribution in [0.5, 0.6) is 5.75 Å². The van der Waals surface area contributed by atoms with E-state index >= 15 is 0 Å².